The number of hydrogen-bond acceptors (Lipinski definition) is 6. The molecule has 8 heteroatoms. The van der Waals surface area contributed by atoms with Crippen molar-refractivity contribution in [3.63, 3.8) is 0 Å². The minimum atomic E-state index is -0.249. The standard InChI is InChI=1S/C15H13ClN4O2S/c1-22-10-4-2-3-8(5-10)14(21)18-9-6-11(16)13-12(7-9)23-15(19-13)20-17/h2-7H,17H2,1H3,(H,18,21)(H,19,20). The van der Waals surface area contributed by atoms with Gasteiger partial charge in [0.2, 0.25) is 0 Å². The first kappa shape index (κ1) is 15.5. The highest BCUT2D eigenvalue weighted by Crippen LogP contribution is 2.33. The fourth-order valence-electron chi connectivity index (χ4n) is 2.09. The van der Waals surface area contributed by atoms with Gasteiger partial charge in [-0.2, -0.15) is 0 Å². The van der Waals surface area contributed by atoms with Gasteiger partial charge in [-0.3, -0.25) is 10.2 Å². The summed E-state index contributed by atoms with van der Waals surface area (Å²) >= 11 is 7.57. The number of methoxy groups -OCH3 is 1. The highest BCUT2D eigenvalue weighted by Gasteiger charge is 2.12. The molecule has 118 valence electrons. The largest absolute Gasteiger partial charge is 0.497 e. The number of halogens is 1. The topological polar surface area (TPSA) is 89.3 Å². The van der Waals surface area contributed by atoms with Gasteiger partial charge < -0.3 is 10.1 Å². The second-order valence-electron chi connectivity index (χ2n) is 4.65. The number of nitrogens with one attached hydrogen (secondary N) is 2. The quantitative estimate of drug-likeness (QED) is 0.496. The number of nitrogen functional groups attached to an aromatic ring is 1. The number of aromatic nitrogens is 1. The lowest BCUT2D eigenvalue weighted by molar-refractivity contribution is 0.102. The van der Waals surface area contributed by atoms with E-state index < -0.39 is 0 Å². The number of carbonyl (C=O) groups is 1. The predicted molar refractivity (Wildman–Crippen MR) is 93.4 cm³/mol. The Morgan fingerprint density at radius 1 is 1.35 bits per heavy atom. The van der Waals surface area contributed by atoms with Crippen LogP contribution in [0.5, 0.6) is 5.75 Å². The van der Waals surface area contributed by atoms with Gasteiger partial charge in [0.15, 0.2) is 5.13 Å². The zero-order valence-corrected chi connectivity index (χ0v) is 13.7. The highest BCUT2D eigenvalue weighted by molar-refractivity contribution is 7.22. The van der Waals surface area contributed by atoms with E-state index >= 15 is 0 Å². The minimum Gasteiger partial charge on any atom is -0.497 e. The summed E-state index contributed by atoms with van der Waals surface area (Å²) < 4.78 is 5.95. The number of benzene rings is 2. The fraction of sp³-hybridized carbons (Fsp3) is 0.0667. The summed E-state index contributed by atoms with van der Waals surface area (Å²) in [5.74, 6) is 5.73. The summed E-state index contributed by atoms with van der Waals surface area (Å²) in [6.07, 6.45) is 0. The van der Waals surface area contributed by atoms with Gasteiger partial charge in [0.25, 0.3) is 5.91 Å². The van der Waals surface area contributed by atoms with Crippen molar-refractivity contribution in [2.24, 2.45) is 5.84 Å². The predicted octanol–water partition coefficient (Wildman–Crippen LogP) is 3.50. The van der Waals surface area contributed by atoms with Crippen LogP contribution in [0.3, 0.4) is 0 Å². The Kier molecular flexibility index (Phi) is 4.33. The van der Waals surface area contributed by atoms with E-state index in [1.807, 2.05) is 0 Å². The average Bonchev–Trinajstić information content (AvgIpc) is 2.98. The van der Waals surface area contributed by atoms with E-state index in [0.717, 1.165) is 4.70 Å². The monoisotopic (exact) mass is 348 g/mol. The van der Waals surface area contributed by atoms with E-state index in [1.54, 1.807) is 43.5 Å². The Labute approximate surface area is 141 Å². The van der Waals surface area contributed by atoms with Crippen LogP contribution in [0.25, 0.3) is 10.2 Å². The van der Waals surface area contributed by atoms with E-state index in [-0.39, 0.29) is 5.91 Å². The number of fused-ring (bicyclic) bond motifs is 1. The lowest BCUT2D eigenvalue weighted by Gasteiger charge is -2.07. The lowest BCUT2D eigenvalue weighted by atomic mass is 10.2. The molecule has 23 heavy (non-hydrogen) atoms. The van der Waals surface area contributed by atoms with Crippen LogP contribution < -0.4 is 21.3 Å². The van der Waals surface area contributed by atoms with Gasteiger partial charge in [-0.15, -0.1) is 0 Å². The third kappa shape index (κ3) is 3.21. The summed E-state index contributed by atoms with van der Waals surface area (Å²) in [7, 11) is 1.55. The number of ether oxygens (including phenoxy) is 1. The molecule has 0 bridgehead atoms. The first-order valence-electron chi connectivity index (χ1n) is 6.63. The van der Waals surface area contributed by atoms with Crippen molar-refractivity contribution in [3.8, 4) is 5.75 Å². The number of hydrogen-bond donors (Lipinski definition) is 3. The summed E-state index contributed by atoms with van der Waals surface area (Å²) in [5, 5.41) is 3.82. The molecular weight excluding hydrogens is 336 g/mol. The maximum Gasteiger partial charge on any atom is 0.255 e. The van der Waals surface area contributed by atoms with Gasteiger partial charge in [-0.25, -0.2) is 10.8 Å². The molecule has 2 aromatic carbocycles. The molecule has 4 N–H and O–H groups in total. The molecule has 0 saturated carbocycles. The zero-order chi connectivity index (χ0) is 16.4. The Morgan fingerprint density at radius 3 is 2.91 bits per heavy atom. The maximum absolute atomic E-state index is 12.3. The van der Waals surface area contributed by atoms with Crippen molar-refractivity contribution in [2.75, 3.05) is 17.9 Å². The molecule has 3 aromatic rings. The SMILES string of the molecule is COc1cccc(C(=O)Nc2cc(Cl)c3nc(NN)sc3c2)c1. The minimum absolute atomic E-state index is 0.249. The van der Waals surface area contributed by atoms with E-state index in [0.29, 0.717) is 32.7 Å². The molecular formula is C15H13ClN4O2S. The fourth-order valence-corrected chi connectivity index (χ4v) is 3.25. The second kappa shape index (κ2) is 6.41. The van der Waals surface area contributed by atoms with Crippen LogP contribution in [0.4, 0.5) is 10.8 Å². The second-order valence-corrected chi connectivity index (χ2v) is 6.09. The molecule has 1 amide bonds. The molecule has 0 aliphatic rings. The van der Waals surface area contributed by atoms with Crippen LogP contribution in [0, 0.1) is 0 Å². The third-order valence-electron chi connectivity index (χ3n) is 3.16. The van der Waals surface area contributed by atoms with E-state index in [1.165, 1.54) is 11.3 Å². The number of thiazole rings is 1. The number of nitrogens with zero attached hydrogens (tertiary/aromatic N) is 1. The van der Waals surface area contributed by atoms with E-state index in [2.05, 4.69) is 15.7 Å². The van der Waals surface area contributed by atoms with Crippen molar-refractivity contribution in [1.29, 1.82) is 0 Å². The van der Waals surface area contributed by atoms with Crippen LogP contribution in [0.15, 0.2) is 36.4 Å². The van der Waals surface area contributed by atoms with Crippen molar-refractivity contribution < 1.29 is 9.53 Å². The van der Waals surface area contributed by atoms with E-state index in [9.17, 15) is 4.79 Å². The molecule has 0 unspecified atom stereocenters. The molecule has 0 aliphatic heterocycles. The van der Waals surface area contributed by atoms with Gasteiger partial charge >= 0.3 is 0 Å². The molecule has 0 saturated heterocycles. The highest BCUT2D eigenvalue weighted by atomic mass is 35.5. The summed E-state index contributed by atoms with van der Waals surface area (Å²) in [5.41, 5.74) is 4.21. The molecule has 6 nitrogen and oxygen atoms in total. The Morgan fingerprint density at radius 2 is 2.17 bits per heavy atom. The molecule has 0 aliphatic carbocycles. The number of hydrazine groups is 1. The van der Waals surface area contributed by atoms with Crippen molar-refractivity contribution in [1.82, 2.24) is 4.98 Å². The third-order valence-corrected chi connectivity index (χ3v) is 4.38. The first-order valence-corrected chi connectivity index (χ1v) is 7.82. The Bertz CT molecular complexity index is 881. The smallest absolute Gasteiger partial charge is 0.255 e. The summed E-state index contributed by atoms with van der Waals surface area (Å²) in [4.78, 5) is 16.6. The van der Waals surface area contributed by atoms with Crippen molar-refractivity contribution in [2.45, 2.75) is 0 Å². The van der Waals surface area contributed by atoms with E-state index in [4.69, 9.17) is 22.2 Å². The average molecular weight is 349 g/mol. The molecule has 3 rings (SSSR count). The molecule has 1 aromatic heterocycles. The normalized spacial score (nSPS) is 10.6. The molecule has 0 radical (unpaired) electrons. The van der Waals surface area contributed by atoms with Crippen LogP contribution in [-0.2, 0) is 0 Å². The van der Waals surface area contributed by atoms with Crippen LogP contribution >= 0.6 is 22.9 Å². The van der Waals surface area contributed by atoms with Crippen molar-refractivity contribution >= 4 is 49.9 Å². The van der Waals surface area contributed by atoms with Crippen LogP contribution in [0.2, 0.25) is 5.02 Å². The van der Waals surface area contributed by atoms with Crippen LogP contribution in [0.1, 0.15) is 10.4 Å². The number of rotatable bonds is 4. The van der Waals surface area contributed by atoms with Gasteiger partial charge in [0, 0.05) is 11.3 Å². The Hall–Kier alpha value is -2.35. The number of anilines is 2. The van der Waals surface area contributed by atoms with Crippen molar-refractivity contribution in [3.05, 3.63) is 47.0 Å². The molecule has 0 fully saturated rings. The van der Waals surface area contributed by atoms with Gasteiger partial charge in [0.05, 0.1) is 16.8 Å². The van der Waals surface area contributed by atoms with Gasteiger partial charge in [-0.1, -0.05) is 29.0 Å². The number of nitrogens with two attached hydrogens (primary N) is 1. The summed E-state index contributed by atoms with van der Waals surface area (Å²) in [6.45, 7) is 0. The molecule has 1 heterocycles. The Balaban J connectivity index is 1.89. The molecule has 0 atom stereocenters. The number of amides is 1. The zero-order valence-electron chi connectivity index (χ0n) is 12.1. The first-order chi connectivity index (χ1) is 11.1. The lowest BCUT2D eigenvalue weighted by Crippen LogP contribution is -2.11. The summed E-state index contributed by atoms with van der Waals surface area (Å²) in [6, 6.07) is 10.4. The molecule has 0 spiro atoms. The number of carbonyl (C=O) groups excluding carboxylic acids is 1. The van der Waals surface area contributed by atoms with Crippen LogP contribution in [-0.4, -0.2) is 18.0 Å². The maximum atomic E-state index is 12.3. The van der Waals surface area contributed by atoms with Gasteiger partial charge in [-0.05, 0) is 30.3 Å². The van der Waals surface area contributed by atoms with Gasteiger partial charge in [0.1, 0.15) is 11.3 Å².